The van der Waals surface area contributed by atoms with Crippen LogP contribution in [-0.4, -0.2) is 37.1 Å². The van der Waals surface area contributed by atoms with Gasteiger partial charge in [-0.3, -0.25) is 9.59 Å². The molecule has 0 saturated carbocycles. The molecule has 0 unspecified atom stereocenters. The minimum atomic E-state index is -0.797. The molecule has 1 N–H and O–H groups in total. The molecule has 0 atom stereocenters. The molecule has 0 heterocycles. The average Bonchev–Trinajstić information content (AvgIpc) is 2.34. The minimum absolute atomic E-state index is 0.322. The van der Waals surface area contributed by atoms with E-state index in [9.17, 15) is 9.59 Å². The molecule has 0 aliphatic heterocycles. The van der Waals surface area contributed by atoms with Crippen molar-refractivity contribution in [3.63, 3.8) is 0 Å². The molecule has 1 rings (SSSR count). The number of carbonyl (C=O) groups excluding carboxylic acids is 2. The predicted octanol–water partition coefficient (Wildman–Crippen LogP) is 0.419. The number of carbonyl (C=O) groups is 2. The standard InChI is InChI=1S/C12H15N3O2/c1-15(2)9-14-12(17)11(16)13-8-10-6-4-3-5-7-10/h3-7,9H,8H2,1-2H3,(H,13,16). The van der Waals surface area contributed by atoms with Crippen molar-refractivity contribution < 1.29 is 9.59 Å². The van der Waals surface area contributed by atoms with Gasteiger partial charge in [0, 0.05) is 20.6 Å². The van der Waals surface area contributed by atoms with E-state index in [4.69, 9.17) is 0 Å². The molecule has 0 spiro atoms. The highest BCUT2D eigenvalue weighted by atomic mass is 16.2. The highest BCUT2D eigenvalue weighted by Gasteiger charge is 2.10. The lowest BCUT2D eigenvalue weighted by atomic mass is 10.2. The number of amides is 2. The van der Waals surface area contributed by atoms with E-state index in [2.05, 4.69) is 10.3 Å². The summed E-state index contributed by atoms with van der Waals surface area (Å²) in [6.07, 6.45) is 1.30. The molecule has 0 fully saturated rings. The fourth-order valence-electron chi connectivity index (χ4n) is 1.08. The SMILES string of the molecule is CN(C)C=NC(=O)C(=O)NCc1ccccc1. The number of nitrogens with zero attached hydrogens (tertiary/aromatic N) is 2. The first-order chi connectivity index (χ1) is 8.09. The zero-order valence-electron chi connectivity index (χ0n) is 9.88. The third-order valence-electron chi connectivity index (χ3n) is 1.90. The molecule has 17 heavy (non-hydrogen) atoms. The van der Waals surface area contributed by atoms with E-state index < -0.39 is 11.8 Å². The first kappa shape index (κ1) is 12.9. The van der Waals surface area contributed by atoms with Gasteiger partial charge < -0.3 is 10.2 Å². The second kappa shape index (κ2) is 6.42. The fourth-order valence-corrected chi connectivity index (χ4v) is 1.08. The lowest BCUT2D eigenvalue weighted by molar-refractivity contribution is -0.137. The fraction of sp³-hybridized carbons (Fsp3) is 0.250. The molecule has 1 aromatic carbocycles. The maximum Gasteiger partial charge on any atom is 0.336 e. The van der Waals surface area contributed by atoms with Crippen LogP contribution in [0.4, 0.5) is 0 Å². The Morgan fingerprint density at radius 3 is 2.53 bits per heavy atom. The number of hydrogen-bond acceptors (Lipinski definition) is 2. The molecule has 0 bridgehead atoms. The Morgan fingerprint density at radius 2 is 1.94 bits per heavy atom. The summed E-state index contributed by atoms with van der Waals surface area (Å²) in [6.45, 7) is 0.322. The molecule has 0 saturated heterocycles. The van der Waals surface area contributed by atoms with Crippen LogP contribution < -0.4 is 5.32 Å². The molecule has 2 amide bonds. The zero-order valence-corrected chi connectivity index (χ0v) is 9.88. The molecule has 0 radical (unpaired) electrons. The maximum absolute atomic E-state index is 11.3. The third kappa shape index (κ3) is 4.92. The van der Waals surface area contributed by atoms with Crippen LogP contribution in [-0.2, 0) is 16.1 Å². The molecule has 5 heteroatoms. The van der Waals surface area contributed by atoms with Crippen molar-refractivity contribution in [1.29, 1.82) is 0 Å². The van der Waals surface area contributed by atoms with Crippen LogP contribution in [0.1, 0.15) is 5.56 Å². The van der Waals surface area contributed by atoms with Crippen molar-refractivity contribution in [2.24, 2.45) is 4.99 Å². The van der Waals surface area contributed by atoms with Crippen molar-refractivity contribution in [2.45, 2.75) is 6.54 Å². The molecule has 1 aromatic rings. The lowest BCUT2D eigenvalue weighted by Gasteiger charge is -2.03. The monoisotopic (exact) mass is 233 g/mol. The Kier molecular flexibility index (Phi) is 4.87. The summed E-state index contributed by atoms with van der Waals surface area (Å²) in [7, 11) is 3.44. The van der Waals surface area contributed by atoms with Gasteiger partial charge in [0.1, 0.15) is 0 Å². The Labute approximate surface area is 100 Å². The first-order valence-electron chi connectivity index (χ1n) is 5.16. The van der Waals surface area contributed by atoms with E-state index >= 15 is 0 Å². The van der Waals surface area contributed by atoms with E-state index in [0.717, 1.165) is 5.56 Å². The Bertz CT molecular complexity index is 413. The number of rotatable bonds is 3. The van der Waals surface area contributed by atoms with E-state index in [1.54, 1.807) is 19.0 Å². The quantitative estimate of drug-likeness (QED) is 0.467. The third-order valence-corrected chi connectivity index (χ3v) is 1.90. The summed E-state index contributed by atoms with van der Waals surface area (Å²) in [5, 5.41) is 2.50. The van der Waals surface area contributed by atoms with E-state index in [1.165, 1.54) is 6.34 Å². The van der Waals surface area contributed by atoms with Crippen LogP contribution in [0.2, 0.25) is 0 Å². The first-order valence-corrected chi connectivity index (χ1v) is 5.16. The van der Waals surface area contributed by atoms with Gasteiger partial charge in [-0.25, -0.2) is 0 Å². The predicted molar refractivity (Wildman–Crippen MR) is 65.5 cm³/mol. The van der Waals surface area contributed by atoms with Crippen LogP contribution in [0.15, 0.2) is 35.3 Å². The summed E-state index contributed by atoms with van der Waals surface area (Å²) in [5.74, 6) is -1.50. The second-order valence-corrected chi connectivity index (χ2v) is 3.68. The summed E-state index contributed by atoms with van der Waals surface area (Å²) in [5.41, 5.74) is 0.935. The topological polar surface area (TPSA) is 61.8 Å². The van der Waals surface area contributed by atoms with Gasteiger partial charge >= 0.3 is 11.8 Å². The van der Waals surface area contributed by atoms with Crippen molar-refractivity contribution in [3.05, 3.63) is 35.9 Å². The van der Waals surface area contributed by atoms with Crippen molar-refractivity contribution >= 4 is 18.2 Å². The minimum Gasteiger partial charge on any atom is -0.369 e. The average molecular weight is 233 g/mol. The van der Waals surface area contributed by atoms with Crippen LogP contribution >= 0.6 is 0 Å². The number of aliphatic imine (C=N–C) groups is 1. The Hall–Kier alpha value is -2.17. The Balaban J connectivity index is 2.42. The molecule has 90 valence electrons. The second-order valence-electron chi connectivity index (χ2n) is 3.68. The Morgan fingerprint density at radius 1 is 1.29 bits per heavy atom. The van der Waals surface area contributed by atoms with Crippen LogP contribution in [0.3, 0.4) is 0 Å². The number of benzene rings is 1. The van der Waals surface area contributed by atoms with Crippen molar-refractivity contribution in [1.82, 2.24) is 10.2 Å². The highest BCUT2D eigenvalue weighted by Crippen LogP contribution is 1.96. The van der Waals surface area contributed by atoms with Gasteiger partial charge in [0.15, 0.2) is 0 Å². The molecular formula is C12H15N3O2. The summed E-state index contributed by atoms with van der Waals surface area (Å²) < 4.78 is 0. The van der Waals surface area contributed by atoms with E-state index in [0.29, 0.717) is 6.54 Å². The molecular weight excluding hydrogens is 218 g/mol. The van der Waals surface area contributed by atoms with Gasteiger partial charge in [0.25, 0.3) is 0 Å². The van der Waals surface area contributed by atoms with Gasteiger partial charge in [-0.1, -0.05) is 30.3 Å². The van der Waals surface area contributed by atoms with Gasteiger partial charge in [0.2, 0.25) is 0 Å². The van der Waals surface area contributed by atoms with Crippen LogP contribution in [0.25, 0.3) is 0 Å². The van der Waals surface area contributed by atoms with Gasteiger partial charge in [-0.15, -0.1) is 0 Å². The molecule has 0 aromatic heterocycles. The largest absolute Gasteiger partial charge is 0.369 e. The van der Waals surface area contributed by atoms with Crippen LogP contribution in [0.5, 0.6) is 0 Å². The van der Waals surface area contributed by atoms with Gasteiger partial charge in [-0.05, 0) is 5.56 Å². The molecule has 0 aliphatic rings. The maximum atomic E-state index is 11.3. The van der Waals surface area contributed by atoms with Crippen molar-refractivity contribution in [2.75, 3.05) is 14.1 Å². The number of nitrogens with one attached hydrogen (secondary N) is 1. The smallest absolute Gasteiger partial charge is 0.336 e. The summed E-state index contributed by atoms with van der Waals surface area (Å²) in [4.78, 5) is 27.6. The normalized spacial score (nSPS) is 10.2. The van der Waals surface area contributed by atoms with Gasteiger partial charge in [-0.2, -0.15) is 4.99 Å². The van der Waals surface area contributed by atoms with Crippen molar-refractivity contribution in [3.8, 4) is 0 Å². The number of hydrogen-bond donors (Lipinski definition) is 1. The zero-order chi connectivity index (χ0) is 12.7. The van der Waals surface area contributed by atoms with Gasteiger partial charge in [0.05, 0.1) is 6.34 Å². The molecule has 5 nitrogen and oxygen atoms in total. The summed E-state index contributed by atoms with van der Waals surface area (Å²) >= 11 is 0. The summed E-state index contributed by atoms with van der Waals surface area (Å²) in [6, 6.07) is 9.36. The van der Waals surface area contributed by atoms with E-state index in [-0.39, 0.29) is 0 Å². The van der Waals surface area contributed by atoms with E-state index in [1.807, 2.05) is 30.3 Å². The molecule has 0 aliphatic carbocycles. The van der Waals surface area contributed by atoms with Crippen LogP contribution in [0, 0.1) is 0 Å². The lowest BCUT2D eigenvalue weighted by Crippen LogP contribution is -2.29. The highest BCUT2D eigenvalue weighted by molar-refractivity contribution is 6.36.